The minimum Gasteiger partial charge on any atom is -0.481 e. The summed E-state index contributed by atoms with van der Waals surface area (Å²) in [7, 11) is 0. The Morgan fingerprint density at radius 2 is 1.96 bits per heavy atom. The molecule has 0 saturated carbocycles. The van der Waals surface area contributed by atoms with Gasteiger partial charge in [0.15, 0.2) is 0 Å². The van der Waals surface area contributed by atoms with Crippen molar-refractivity contribution in [3.8, 4) is 0 Å². The number of carboxylic acids is 1. The van der Waals surface area contributed by atoms with Crippen molar-refractivity contribution in [1.82, 2.24) is 4.98 Å². The zero-order valence-electron chi connectivity index (χ0n) is 14.9. The smallest absolute Gasteiger partial charge is 0.340 e. The molecule has 0 atom stereocenters. The summed E-state index contributed by atoms with van der Waals surface area (Å²) < 4.78 is 6.12. The third-order valence-corrected chi connectivity index (χ3v) is 4.33. The summed E-state index contributed by atoms with van der Waals surface area (Å²) in [5.41, 5.74) is 2.04. The number of hydrogen-bond donors (Lipinski definition) is 1. The van der Waals surface area contributed by atoms with E-state index in [1.807, 2.05) is 39.0 Å². The molecule has 5 nitrogen and oxygen atoms in total. The van der Waals surface area contributed by atoms with E-state index in [0.717, 1.165) is 15.4 Å². The second-order valence-corrected chi connectivity index (χ2v) is 7.76. The first-order valence-corrected chi connectivity index (χ1v) is 8.96. The number of carbonyl (C=O) groups is 2. The average Bonchev–Trinajstić information content (AvgIpc) is 2.50. The molecule has 0 spiro atoms. The number of nitrogens with zero attached hydrogens (tertiary/aromatic N) is 1. The van der Waals surface area contributed by atoms with Crippen LogP contribution in [0, 0.1) is 0 Å². The standard InChI is InChI=1S/C19H22BrNO4/c1-5-25-18(24)16-13(8-9-15(22)23)12-7-6-11(20)10-14(12)21-17(16)19(2,3)4/h6-7,10H,5,8-9H2,1-4H3,(H,22,23). The van der Waals surface area contributed by atoms with E-state index >= 15 is 0 Å². The molecule has 2 rings (SSSR count). The molecule has 1 aromatic heterocycles. The van der Waals surface area contributed by atoms with Crippen LogP contribution in [0.5, 0.6) is 0 Å². The molecule has 0 bridgehead atoms. The average molecular weight is 408 g/mol. The number of benzene rings is 1. The van der Waals surface area contributed by atoms with E-state index in [0.29, 0.717) is 16.8 Å². The second-order valence-electron chi connectivity index (χ2n) is 6.84. The van der Waals surface area contributed by atoms with E-state index in [4.69, 9.17) is 14.8 Å². The van der Waals surface area contributed by atoms with Crippen molar-refractivity contribution in [2.75, 3.05) is 6.61 Å². The van der Waals surface area contributed by atoms with Gasteiger partial charge < -0.3 is 9.84 Å². The van der Waals surface area contributed by atoms with Crippen LogP contribution in [0.25, 0.3) is 10.9 Å². The lowest BCUT2D eigenvalue weighted by molar-refractivity contribution is -0.136. The molecule has 0 radical (unpaired) electrons. The Bertz CT molecular complexity index is 824. The quantitative estimate of drug-likeness (QED) is 0.738. The van der Waals surface area contributed by atoms with Gasteiger partial charge in [0.05, 0.1) is 23.4 Å². The van der Waals surface area contributed by atoms with Crippen molar-refractivity contribution in [3.63, 3.8) is 0 Å². The molecule has 0 saturated heterocycles. The zero-order chi connectivity index (χ0) is 18.8. The van der Waals surface area contributed by atoms with Gasteiger partial charge in [-0.2, -0.15) is 0 Å². The highest BCUT2D eigenvalue weighted by atomic mass is 79.9. The lowest BCUT2D eigenvalue weighted by Crippen LogP contribution is -2.23. The molecule has 0 amide bonds. The number of fused-ring (bicyclic) bond motifs is 1. The molecule has 25 heavy (non-hydrogen) atoms. The number of rotatable bonds is 5. The van der Waals surface area contributed by atoms with Crippen molar-refractivity contribution in [1.29, 1.82) is 0 Å². The maximum atomic E-state index is 12.7. The van der Waals surface area contributed by atoms with Gasteiger partial charge in [0.1, 0.15) is 0 Å². The summed E-state index contributed by atoms with van der Waals surface area (Å²) in [5, 5.41) is 9.89. The van der Waals surface area contributed by atoms with E-state index in [-0.39, 0.29) is 19.4 Å². The van der Waals surface area contributed by atoms with Gasteiger partial charge in [-0.05, 0) is 31.0 Å². The predicted molar refractivity (Wildman–Crippen MR) is 100 cm³/mol. The van der Waals surface area contributed by atoms with Crippen LogP contribution in [-0.2, 0) is 21.4 Å². The number of carbonyl (C=O) groups excluding carboxylic acids is 1. The summed E-state index contributed by atoms with van der Waals surface area (Å²) in [4.78, 5) is 28.5. The Labute approximate surface area is 155 Å². The van der Waals surface area contributed by atoms with E-state index in [1.165, 1.54) is 0 Å². The van der Waals surface area contributed by atoms with E-state index in [2.05, 4.69) is 15.9 Å². The van der Waals surface area contributed by atoms with Gasteiger partial charge in [0.2, 0.25) is 0 Å². The topological polar surface area (TPSA) is 76.5 Å². The summed E-state index contributed by atoms with van der Waals surface area (Å²) in [6, 6.07) is 5.60. The highest BCUT2D eigenvalue weighted by Crippen LogP contribution is 2.33. The van der Waals surface area contributed by atoms with Crippen molar-refractivity contribution in [2.24, 2.45) is 0 Å². The number of aliphatic carboxylic acids is 1. The highest BCUT2D eigenvalue weighted by Gasteiger charge is 2.29. The third-order valence-electron chi connectivity index (χ3n) is 3.83. The third kappa shape index (κ3) is 4.37. The van der Waals surface area contributed by atoms with E-state index < -0.39 is 17.4 Å². The fourth-order valence-electron chi connectivity index (χ4n) is 2.76. The van der Waals surface area contributed by atoms with Gasteiger partial charge >= 0.3 is 11.9 Å². The van der Waals surface area contributed by atoms with Crippen molar-refractivity contribution in [2.45, 2.75) is 46.0 Å². The van der Waals surface area contributed by atoms with E-state index in [9.17, 15) is 9.59 Å². The Morgan fingerprint density at radius 1 is 1.28 bits per heavy atom. The fourth-order valence-corrected chi connectivity index (χ4v) is 3.11. The molecular formula is C19H22BrNO4. The molecule has 134 valence electrons. The summed E-state index contributed by atoms with van der Waals surface area (Å²) in [6.45, 7) is 7.92. The number of halogens is 1. The Morgan fingerprint density at radius 3 is 2.52 bits per heavy atom. The van der Waals surface area contributed by atoms with Crippen LogP contribution >= 0.6 is 15.9 Å². The molecular weight excluding hydrogens is 386 g/mol. The molecule has 0 unspecified atom stereocenters. The molecule has 0 fully saturated rings. The van der Waals surface area contributed by atoms with Gasteiger partial charge in [-0.3, -0.25) is 9.78 Å². The van der Waals surface area contributed by atoms with Crippen molar-refractivity contribution >= 4 is 38.8 Å². The van der Waals surface area contributed by atoms with E-state index in [1.54, 1.807) is 6.92 Å². The number of hydrogen-bond acceptors (Lipinski definition) is 4. The monoisotopic (exact) mass is 407 g/mol. The normalized spacial score (nSPS) is 11.6. The Kier molecular flexibility index (Phi) is 5.83. The lowest BCUT2D eigenvalue weighted by atomic mass is 9.84. The summed E-state index contributed by atoms with van der Waals surface area (Å²) in [5.74, 6) is -1.36. The van der Waals surface area contributed by atoms with Gasteiger partial charge in [-0.1, -0.05) is 42.8 Å². The van der Waals surface area contributed by atoms with Crippen LogP contribution in [0.15, 0.2) is 22.7 Å². The second kappa shape index (κ2) is 7.52. The first-order valence-electron chi connectivity index (χ1n) is 8.16. The summed E-state index contributed by atoms with van der Waals surface area (Å²) in [6.07, 6.45) is 0.179. The minimum absolute atomic E-state index is 0.0643. The van der Waals surface area contributed by atoms with Crippen LogP contribution in [-0.4, -0.2) is 28.6 Å². The number of aromatic nitrogens is 1. The van der Waals surface area contributed by atoms with Crippen LogP contribution in [0.2, 0.25) is 0 Å². The number of ether oxygens (including phenoxy) is 1. The van der Waals surface area contributed by atoms with Crippen LogP contribution in [0.3, 0.4) is 0 Å². The number of carboxylic acid groups (broad SMARTS) is 1. The van der Waals surface area contributed by atoms with Gasteiger partial charge in [0, 0.05) is 21.7 Å². The molecule has 1 aromatic carbocycles. The number of pyridine rings is 1. The molecule has 0 aliphatic rings. The first kappa shape index (κ1) is 19.4. The van der Waals surface area contributed by atoms with Gasteiger partial charge in [0.25, 0.3) is 0 Å². The maximum absolute atomic E-state index is 12.7. The molecule has 1 heterocycles. The lowest BCUT2D eigenvalue weighted by Gasteiger charge is -2.24. The van der Waals surface area contributed by atoms with Crippen molar-refractivity contribution in [3.05, 3.63) is 39.5 Å². The first-order chi connectivity index (χ1) is 11.6. The Hall–Kier alpha value is -1.95. The SMILES string of the molecule is CCOC(=O)c1c(C(C)(C)C)nc2cc(Br)ccc2c1CCC(=O)O. The van der Waals surface area contributed by atoms with Crippen LogP contribution in [0.4, 0.5) is 0 Å². The number of esters is 1. The largest absolute Gasteiger partial charge is 0.481 e. The summed E-state index contributed by atoms with van der Waals surface area (Å²) >= 11 is 3.44. The zero-order valence-corrected chi connectivity index (χ0v) is 16.4. The minimum atomic E-state index is -0.908. The predicted octanol–water partition coefficient (Wildman–Crippen LogP) is 4.49. The Balaban J connectivity index is 2.84. The molecule has 1 N–H and O–H groups in total. The van der Waals surface area contributed by atoms with Crippen LogP contribution in [0.1, 0.15) is 55.7 Å². The van der Waals surface area contributed by atoms with Gasteiger partial charge in [-0.25, -0.2) is 4.79 Å². The fraction of sp³-hybridized carbons (Fsp3) is 0.421. The molecule has 2 aromatic rings. The van der Waals surface area contributed by atoms with Gasteiger partial charge in [-0.15, -0.1) is 0 Å². The molecule has 6 heteroatoms. The van der Waals surface area contributed by atoms with Crippen LogP contribution < -0.4 is 0 Å². The molecule has 0 aliphatic carbocycles. The number of aryl methyl sites for hydroxylation is 1. The highest BCUT2D eigenvalue weighted by molar-refractivity contribution is 9.10. The molecule has 0 aliphatic heterocycles. The van der Waals surface area contributed by atoms with Crippen molar-refractivity contribution < 1.29 is 19.4 Å². The maximum Gasteiger partial charge on any atom is 0.340 e.